The summed E-state index contributed by atoms with van der Waals surface area (Å²) < 4.78 is 0. The molecule has 0 saturated heterocycles. The van der Waals surface area contributed by atoms with E-state index in [0.29, 0.717) is 10.6 Å². The second kappa shape index (κ2) is 5.26. The number of hydrogen-bond donors (Lipinski definition) is 0. The maximum absolute atomic E-state index is 10.7. The molecule has 1 aromatic carbocycles. The van der Waals surface area contributed by atoms with E-state index in [9.17, 15) is 14.9 Å². The van der Waals surface area contributed by atoms with Gasteiger partial charge in [-0.1, -0.05) is 23.8 Å². The van der Waals surface area contributed by atoms with Crippen molar-refractivity contribution in [3.8, 4) is 0 Å². The molecular weight excluding hydrogens is 218 g/mol. The molecule has 0 saturated carbocycles. The van der Waals surface area contributed by atoms with E-state index in [0.717, 1.165) is 6.29 Å². The highest BCUT2D eigenvalue weighted by Gasteiger charge is 2.11. The Hall–Kier alpha value is -1.68. The number of halogens is 1. The van der Waals surface area contributed by atoms with Gasteiger partial charge in [0.1, 0.15) is 6.29 Å². The molecular formula is C10H8ClNO3. The number of allylic oxidation sites excluding steroid dienone is 1. The first-order valence-electron chi connectivity index (χ1n) is 4.19. The maximum atomic E-state index is 10.7. The van der Waals surface area contributed by atoms with Crippen LogP contribution < -0.4 is 0 Å². The van der Waals surface area contributed by atoms with Crippen LogP contribution in [0.15, 0.2) is 24.3 Å². The first-order chi connectivity index (χ1) is 7.15. The largest absolute Gasteiger partial charge is 0.303 e. The van der Waals surface area contributed by atoms with Crippen LogP contribution in [-0.4, -0.2) is 11.2 Å². The molecule has 0 spiro atoms. The molecule has 0 aliphatic rings. The third-order valence-corrected chi connectivity index (χ3v) is 1.95. The van der Waals surface area contributed by atoms with Crippen molar-refractivity contribution >= 4 is 29.7 Å². The highest BCUT2D eigenvalue weighted by Crippen LogP contribution is 2.24. The molecule has 0 radical (unpaired) electrons. The molecule has 0 heterocycles. The lowest BCUT2D eigenvalue weighted by Gasteiger charge is -1.97. The molecule has 0 amide bonds. The van der Waals surface area contributed by atoms with Crippen molar-refractivity contribution in [1.29, 1.82) is 0 Å². The number of rotatable bonds is 4. The Labute approximate surface area is 91.3 Å². The third kappa shape index (κ3) is 3.18. The Kier molecular flexibility index (Phi) is 4.00. The van der Waals surface area contributed by atoms with Crippen molar-refractivity contribution < 1.29 is 9.72 Å². The molecule has 0 atom stereocenters. The van der Waals surface area contributed by atoms with Crippen molar-refractivity contribution in [2.75, 3.05) is 0 Å². The summed E-state index contributed by atoms with van der Waals surface area (Å²) in [7, 11) is 0. The molecule has 0 aliphatic heterocycles. The van der Waals surface area contributed by atoms with E-state index < -0.39 is 4.92 Å². The van der Waals surface area contributed by atoms with Crippen LogP contribution in [-0.2, 0) is 4.79 Å². The number of nitrogens with zero attached hydrogens (tertiary/aromatic N) is 1. The maximum Gasteiger partial charge on any atom is 0.278 e. The van der Waals surface area contributed by atoms with Crippen molar-refractivity contribution in [1.82, 2.24) is 0 Å². The Morgan fingerprint density at radius 3 is 2.80 bits per heavy atom. The standard InChI is InChI=1S/C10H8ClNO3/c11-9-5-4-8(3-1-2-6-13)10(7-9)12(14)15/h1,3-7H,2H2. The molecule has 4 nitrogen and oxygen atoms in total. The number of carbonyl (C=O) groups excluding carboxylic acids is 1. The summed E-state index contributed by atoms with van der Waals surface area (Å²) in [5.41, 5.74) is 0.371. The van der Waals surface area contributed by atoms with Gasteiger partial charge >= 0.3 is 0 Å². The van der Waals surface area contributed by atoms with Gasteiger partial charge < -0.3 is 4.79 Å². The molecule has 0 bridgehead atoms. The van der Waals surface area contributed by atoms with E-state index in [-0.39, 0.29) is 12.1 Å². The van der Waals surface area contributed by atoms with Gasteiger partial charge in [-0.2, -0.15) is 0 Å². The van der Waals surface area contributed by atoms with Crippen molar-refractivity contribution in [3.63, 3.8) is 0 Å². The number of hydrogen-bond acceptors (Lipinski definition) is 3. The van der Waals surface area contributed by atoms with E-state index in [1.54, 1.807) is 18.2 Å². The summed E-state index contributed by atoms with van der Waals surface area (Å²) in [6.07, 6.45) is 4.05. The van der Waals surface area contributed by atoms with Gasteiger partial charge in [-0.3, -0.25) is 10.1 Å². The smallest absolute Gasteiger partial charge is 0.278 e. The fraction of sp³-hybridized carbons (Fsp3) is 0.100. The SMILES string of the molecule is O=CCC=Cc1ccc(Cl)cc1[N+](=O)[O-]. The lowest BCUT2D eigenvalue weighted by Crippen LogP contribution is -1.91. The van der Waals surface area contributed by atoms with Gasteiger partial charge in [0.05, 0.1) is 10.5 Å². The second-order valence-electron chi connectivity index (χ2n) is 2.76. The third-order valence-electron chi connectivity index (χ3n) is 1.72. The molecule has 1 rings (SSSR count). The highest BCUT2D eigenvalue weighted by atomic mass is 35.5. The number of carbonyl (C=O) groups is 1. The first-order valence-corrected chi connectivity index (χ1v) is 4.57. The molecule has 5 heteroatoms. The Bertz CT molecular complexity index is 415. The molecule has 0 fully saturated rings. The van der Waals surface area contributed by atoms with Gasteiger partial charge in [0.2, 0.25) is 0 Å². The van der Waals surface area contributed by atoms with Gasteiger partial charge in [-0.15, -0.1) is 0 Å². The van der Waals surface area contributed by atoms with Crippen molar-refractivity contribution in [2.45, 2.75) is 6.42 Å². The monoisotopic (exact) mass is 225 g/mol. The summed E-state index contributed by atoms with van der Waals surface area (Å²) >= 11 is 5.64. The molecule has 0 aromatic heterocycles. The Balaban J connectivity index is 3.05. The van der Waals surface area contributed by atoms with Gasteiger partial charge in [0.15, 0.2) is 0 Å². The zero-order valence-electron chi connectivity index (χ0n) is 7.72. The number of aldehydes is 1. The molecule has 15 heavy (non-hydrogen) atoms. The topological polar surface area (TPSA) is 60.2 Å². The predicted octanol–water partition coefficient (Wildman–Crippen LogP) is 2.85. The molecule has 0 N–H and O–H groups in total. The van der Waals surface area contributed by atoms with Gasteiger partial charge in [-0.25, -0.2) is 0 Å². The second-order valence-corrected chi connectivity index (χ2v) is 3.20. The lowest BCUT2D eigenvalue weighted by molar-refractivity contribution is -0.385. The van der Waals surface area contributed by atoms with Crippen LogP contribution in [0.2, 0.25) is 5.02 Å². The van der Waals surface area contributed by atoms with Crippen LogP contribution in [0.1, 0.15) is 12.0 Å². The summed E-state index contributed by atoms with van der Waals surface area (Å²) in [6, 6.07) is 4.39. The van der Waals surface area contributed by atoms with E-state index >= 15 is 0 Å². The van der Waals surface area contributed by atoms with Crippen LogP contribution in [0, 0.1) is 10.1 Å². The Morgan fingerprint density at radius 1 is 1.47 bits per heavy atom. The van der Waals surface area contributed by atoms with Crippen molar-refractivity contribution in [3.05, 3.63) is 45.0 Å². The minimum atomic E-state index is -0.507. The van der Waals surface area contributed by atoms with Crippen molar-refractivity contribution in [2.24, 2.45) is 0 Å². The van der Waals surface area contributed by atoms with Gasteiger partial charge in [0.25, 0.3) is 5.69 Å². The summed E-state index contributed by atoms with van der Waals surface area (Å²) in [5.74, 6) is 0. The summed E-state index contributed by atoms with van der Waals surface area (Å²) in [6.45, 7) is 0. The van der Waals surface area contributed by atoms with Crippen LogP contribution >= 0.6 is 11.6 Å². The average molecular weight is 226 g/mol. The minimum Gasteiger partial charge on any atom is -0.303 e. The number of nitro benzene ring substituents is 1. The fourth-order valence-corrected chi connectivity index (χ4v) is 1.23. The van der Waals surface area contributed by atoms with E-state index in [1.165, 1.54) is 12.1 Å². The Morgan fingerprint density at radius 2 is 2.20 bits per heavy atom. The molecule has 78 valence electrons. The lowest BCUT2D eigenvalue weighted by atomic mass is 10.1. The van der Waals surface area contributed by atoms with Crippen LogP contribution in [0.25, 0.3) is 6.08 Å². The van der Waals surface area contributed by atoms with Gasteiger partial charge in [0, 0.05) is 17.5 Å². The minimum absolute atomic E-state index is 0.0651. The van der Waals surface area contributed by atoms with Gasteiger partial charge in [-0.05, 0) is 12.1 Å². The molecule has 1 aromatic rings. The summed E-state index contributed by atoms with van der Waals surface area (Å²) in [4.78, 5) is 20.2. The number of nitro groups is 1. The fourth-order valence-electron chi connectivity index (χ4n) is 1.07. The predicted molar refractivity (Wildman–Crippen MR) is 57.8 cm³/mol. The number of benzene rings is 1. The van der Waals surface area contributed by atoms with Crippen LogP contribution in [0.3, 0.4) is 0 Å². The normalized spacial score (nSPS) is 10.5. The summed E-state index contributed by atoms with van der Waals surface area (Å²) in [5, 5.41) is 11.0. The van der Waals surface area contributed by atoms with Crippen LogP contribution in [0.4, 0.5) is 5.69 Å². The molecule has 0 unspecified atom stereocenters. The zero-order chi connectivity index (χ0) is 11.3. The highest BCUT2D eigenvalue weighted by molar-refractivity contribution is 6.30. The zero-order valence-corrected chi connectivity index (χ0v) is 8.48. The molecule has 0 aliphatic carbocycles. The quantitative estimate of drug-likeness (QED) is 0.450. The van der Waals surface area contributed by atoms with Crippen LogP contribution in [0.5, 0.6) is 0 Å². The van der Waals surface area contributed by atoms with E-state index in [1.807, 2.05) is 0 Å². The average Bonchev–Trinajstić information content (AvgIpc) is 2.20. The first kappa shape index (κ1) is 11.4. The van der Waals surface area contributed by atoms with E-state index in [2.05, 4.69) is 0 Å². The van der Waals surface area contributed by atoms with E-state index in [4.69, 9.17) is 11.6 Å².